The van der Waals surface area contributed by atoms with Crippen LogP contribution < -0.4 is 0 Å². The molecule has 4 aliphatic heterocycles. The number of hydrogen-bond donors (Lipinski definition) is 0. The van der Waals surface area contributed by atoms with Crippen molar-refractivity contribution in [1.82, 2.24) is 0 Å². The summed E-state index contributed by atoms with van der Waals surface area (Å²) in [6.07, 6.45) is 4.12. The van der Waals surface area contributed by atoms with Crippen molar-refractivity contribution in [1.29, 1.82) is 0 Å². The monoisotopic (exact) mass is 426 g/mol. The Morgan fingerprint density at radius 2 is 0.714 bits per heavy atom. The fourth-order valence-corrected chi connectivity index (χ4v) is 14.4. The molecule has 8 heteroatoms. The summed E-state index contributed by atoms with van der Waals surface area (Å²) >= 11 is 16.4. The highest BCUT2D eigenvalue weighted by Crippen LogP contribution is 2.69. The van der Waals surface area contributed by atoms with Crippen LogP contribution in [0, 0.1) is 0 Å². The van der Waals surface area contributed by atoms with Gasteiger partial charge in [-0.15, -0.1) is 47.0 Å². The minimum absolute atomic E-state index is 1.31. The zero-order chi connectivity index (χ0) is 14.1. The van der Waals surface area contributed by atoms with Crippen molar-refractivity contribution >= 4 is 94.1 Å². The number of thioether (sulfide) groups is 8. The van der Waals surface area contributed by atoms with Crippen LogP contribution in [0.1, 0.15) is 19.3 Å². The fourth-order valence-electron chi connectivity index (χ4n) is 1.99. The zero-order valence-corrected chi connectivity index (χ0v) is 17.7. The molecule has 0 aliphatic carbocycles. The second-order valence-corrected chi connectivity index (χ2v) is 14.6. The van der Waals surface area contributed by atoms with E-state index >= 15 is 0 Å². The van der Waals surface area contributed by atoms with Gasteiger partial charge >= 0.3 is 0 Å². The van der Waals surface area contributed by atoms with Gasteiger partial charge in [-0.1, -0.05) is 47.0 Å². The molecule has 0 radical (unpaired) electrons. The lowest BCUT2D eigenvalue weighted by atomic mass is 10.4. The lowest BCUT2D eigenvalue weighted by Gasteiger charge is -2.15. The summed E-state index contributed by atoms with van der Waals surface area (Å²) in [5.41, 5.74) is 0. The van der Waals surface area contributed by atoms with E-state index in [0.717, 1.165) is 0 Å². The second-order valence-electron chi connectivity index (χ2n) is 4.59. The van der Waals surface area contributed by atoms with Gasteiger partial charge in [0.15, 0.2) is 0 Å². The third-order valence-electron chi connectivity index (χ3n) is 3.00. The molecular weight excluding hydrogens is 413 g/mol. The Morgan fingerprint density at radius 3 is 1.14 bits per heavy atom. The Balaban J connectivity index is 1.45. The van der Waals surface area contributed by atoms with Gasteiger partial charge in [-0.3, -0.25) is 0 Å². The van der Waals surface area contributed by atoms with Crippen molar-refractivity contribution < 1.29 is 0 Å². The molecule has 0 aromatic rings. The summed E-state index contributed by atoms with van der Waals surface area (Å²) in [7, 11) is 0. The summed E-state index contributed by atoms with van der Waals surface area (Å²) in [5.74, 6) is 5.22. The van der Waals surface area contributed by atoms with Crippen LogP contribution >= 0.6 is 94.1 Å². The first-order valence-electron chi connectivity index (χ1n) is 6.85. The molecule has 0 spiro atoms. The van der Waals surface area contributed by atoms with Gasteiger partial charge in [-0.25, -0.2) is 0 Å². The maximum atomic E-state index is 2.08. The minimum atomic E-state index is 1.31. The van der Waals surface area contributed by atoms with Crippen LogP contribution in [0.2, 0.25) is 0 Å². The minimum Gasteiger partial charge on any atom is -0.118 e. The molecule has 4 heterocycles. The van der Waals surface area contributed by atoms with Gasteiger partial charge in [0.2, 0.25) is 0 Å². The average molecular weight is 427 g/mol. The summed E-state index contributed by atoms with van der Waals surface area (Å²) in [6.45, 7) is 0. The van der Waals surface area contributed by atoms with Crippen molar-refractivity contribution in [3.05, 3.63) is 25.4 Å². The molecule has 114 valence electrons. The van der Waals surface area contributed by atoms with Crippen LogP contribution in [0.3, 0.4) is 0 Å². The molecule has 0 aromatic carbocycles. The highest BCUT2D eigenvalue weighted by molar-refractivity contribution is 8.49. The van der Waals surface area contributed by atoms with Crippen LogP contribution in [0.4, 0.5) is 0 Å². The zero-order valence-electron chi connectivity index (χ0n) is 11.2. The van der Waals surface area contributed by atoms with Crippen molar-refractivity contribution in [2.75, 3.05) is 23.0 Å². The van der Waals surface area contributed by atoms with E-state index in [0.29, 0.717) is 0 Å². The van der Waals surface area contributed by atoms with Crippen molar-refractivity contribution in [3.8, 4) is 0 Å². The van der Waals surface area contributed by atoms with Gasteiger partial charge < -0.3 is 0 Å². The molecule has 0 amide bonds. The summed E-state index contributed by atoms with van der Waals surface area (Å²) in [5, 5.41) is 0. The van der Waals surface area contributed by atoms with Crippen LogP contribution in [0.25, 0.3) is 0 Å². The Hall–Kier alpha value is 2.02. The predicted octanol–water partition coefficient (Wildman–Crippen LogP) is 7.46. The largest absolute Gasteiger partial charge is 0.118 e. The molecule has 0 atom stereocenters. The topological polar surface area (TPSA) is 0 Å². The van der Waals surface area contributed by atoms with E-state index in [1.54, 1.807) is 25.4 Å². The standard InChI is InChI=1S/C13H14S8/c1-2-5-15-8(14-4-1)10-18-12-13(19-10)21-11(20-12)9-16-6-3-7-17-9/h1-7H2. The van der Waals surface area contributed by atoms with Gasteiger partial charge in [0.05, 0.1) is 25.4 Å². The quantitative estimate of drug-likeness (QED) is 0.386. The smallest absolute Gasteiger partial charge is 0.0718 e. The average Bonchev–Trinajstić information content (AvgIpc) is 2.96. The molecule has 0 saturated carbocycles. The van der Waals surface area contributed by atoms with E-state index in [2.05, 4.69) is 47.0 Å². The molecule has 2 saturated heterocycles. The summed E-state index contributed by atoms with van der Waals surface area (Å²) < 4.78 is 9.39. The third-order valence-corrected chi connectivity index (χ3v) is 14.9. The molecular formula is C13H14S8. The van der Waals surface area contributed by atoms with Gasteiger partial charge in [0.1, 0.15) is 0 Å². The molecule has 0 nitrogen and oxygen atoms in total. The Morgan fingerprint density at radius 1 is 0.381 bits per heavy atom. The molecule has 0 unspecified atom stereocenters. The van der Waals surface area contributed by atoms with E-state index in [1.807, 2.05) is 47.0 Å². The molecule has 4 aliphatic rings. The van der Waals surface area contributed by atoms with E-state index < -0.39 is 0 Å². The van der Waals surface area contributed by atoms with Crippen molar-refractivity contribution in [2.45, 2.75) is 19.3 Å². The maximum Gasteiger partial charge on any atom is 0.0718 e. The highest BCUT2D eigenvalue weighted by Gasteiger charge is 2.34. The van der Waals surface area contributed by atoms with Gasteiger partial charge in [-0.2, -0.15) is 0 Å². The summed E-state index contributed by atoms with van der Waals surface area (Å²) in [6, 6.07) is 0. The van der Waals surface area contributed by atoms with E-state index in [4.69, 9.17) is 0 Å². The first-order chi connectivity index (χ1) is 10.4. The molecule has 21 heavy (non-hydrogen) atoms. The molecule has 0 N–H and O–H groups in total. The normalized spacial score (nSPS) is 27.4. The molecule has 0 aromatic heterocycles. The van der Waals surface area contributed by atoms with Crippen molar-refractivity contribution in [2.24, 2.45) is 0 Å². The third kappa shape index (κ3) is 3.99. The number of hydrogen-bond acceptors (Lipinski definition) is 8. The van der Waals surface area contributed by atoms with E-state index in [9.17, 15) is 0 Å². The first-order valence-corrected chi connectivity index (χ1v) is 14.1. The van der Waals surface area contributed by atoms with Crippen LogP contribution in [-0.2, 0) is 0 Å². The lowest BCUT2D eigenvalue weighted by molar-refractivity contribution is 0.912. The fraction of sp³-hybridized carbons (Fsp3) is 0.538. The Labute approximate surface area is 160 Å². The Bertz CT molecular complexity index is 492. The van der Waals surface area contributed by atoms with E-state index in [1.165, 1.54) is 42.3 Å². The SMILES string of the molecule is C1CCSC(=C2SC3=C(S2)SC(=C2SCCCS2)S3)SC1. The molecule has 2 fully saturated rings. The van der Waals surface area contributed by atoms with Gasteiger partial charge in [0.25, 0.3) is 0 Å². The number of rotatable bonds is 0. The van der Waals surface area contributed by atoms with E-state index in [-0.39, 0.29) is 0 Å². The van der Waals surface area contributed by atoms with Gasteiger partial charge in [0, 0.05) is 0 Å². The maximum absolute atomic E-state index is 2.08. The second kappa shape index (κ2) is 7.93. The highest BCUT2D eigenvalue weighted by atomic mass is 32.3. The van der Waals surface area contributed by atoms with Crippen LogP contribution in [-0.4, -0.2) is 23.0 Å². The summed E-state index contributed by atoms with van der Waals surface area (Å²) in [4.78, 5) is 0. The Kier molecular flexibility index (Phi) is 6.23. The lowest BCUT2D eigenvalue weighted by Crippen LogP contribution is -1.92. The van der Waals surface area contributed by atoms with Crippen LogP contribution in [0.5, 0.6) is 0 Å². The predicted molar refractivity (Wildman–Crippen MR) is 115 cm³/mol. The van der Waals surface area contributed by atoms with Gasteiger partial charge in [-0.05, 0) is 42.3 Å². The molecule has 0 bridgehead atoms. The van der Waals surface area contributed by atoms with Crippen molar-refractivity contribution in [3.63, 3.8) is 0 Å². The first kappa shape index (κ1) is 16.5. The molecule has 4 rings (SSSR count). The van der Waals surface area contributed by atoms with Crippen LogP contribution in [0.15, 0.2) is 25.4 Å².